The number of para-hydroxylation sites is 1. The summed E-state index contributed by atoms with van der Waals surface area (Å²) >= 11 is 1.55. The number of amides is 1. The van der Waals surface area contributed by atoms with Gasteiger partial charge in [-0.1, -0.05) is 72.8 Å². The second kappa shape index (κ2) is 14.2. The zero-order chi connectivity index (χ0) is 29.2. The van der Waals surface area contributed by atoms with Crippen molar-refractivity contribution in [3.8, 4) is 11.1 Å². The van der Waals surface area contributed by atoms with Crippen LogP contribution in [0.25, 0.3) is 16.0 Å². The summed E-state index contributed by atoms with van der Waals surface area (Å²) in [4.78, 5) is 31.1. The summed E-state index contributed by atoms with van der Waals surface area (Å²) in [5.41, 5.74) is 6.92. The molecule has 41 heavy (non-hydrogen) atoms. The summed E-state index contributed by atoms with van der Waals surface area (Å²) in [6.45, 7) is 10.5. The van der Waals surface area contributed by atoms with E-state index in [1.165, 1.54) is 0 Å². The van der Waals surface area contributed by atoms with Gasteiger partial charge >= 0.3 is 5.97 Å². The maximum Gasteiger partial charge on any atom is 0.326 e. The van der Waals surface area contributed by atoms with Crippen LogP contribution in [0.3, 0.4) is 0 Å². The summed E-state index contributed by atoms with van der Waals surface area (Å²) in [5, 5.41) is 12.4. The van der Waals surface area contributed by atoms with Gasteiger partial charge in [-0.2, -0.15) is 11.8 Å². The molecule has 0 fully saturated rings. The second-order valence-corrected chi connectivity index (χ2v) is 10.8. The molecule has 4 aromatic rings. The van der Waals surface area contributed by atoms with E-state index in [0.717, 1.165) is 33.5 Å². The molecule has 0 bridgehead atoms. The molecular formula is C34H33N3O3S. The van der Waals surface area contributed by atoms with Crippen molar-refractivity contribution in [3.63, 3.8) is 0 Å². The van der Waals surface area contributed by atoms with Gasteiger partial charge in [-0.05, 0) is 77.4 Å². The number of benzene rings is 4. The highest BCUT2D eigenvalue weighted by Crippen LogP contribution is 2.30. The van der Waals surface area contributed by atoms with Crippen LogP contribution in [-0.2, 0) is 17.9 Å². The molecule has 0 spiro atoms. The summed E-state index contributed by atoms with van der Waals surface area (Å²) in [5.74, 6) is -0.802. The summed E-state index contributed by atoms with van der Waals surface area (Å²) in [7, 11) is 0. The number of carbonyl (C=O) groups is 2. The first-order chi connectivity index (χ1) is 19.9. The van der Waals surface area contributed by atoms with Crippen LogP contribution in [0, 0.1) is 13.5 Å². The number of carboxylic acid groups (broad SMARTS) is 1. The van der Waals surface area contributed by atoms with Crippen LogP contribution in [0.1, 0.15) is 33.5 Å². The van der Waals surface area contributed by atoms with E-state index in [9.17, 15) is 14.7 Å². The zero-order valence-corrected chi connectivity index (χ0v) is 24.0. The number of carbonyl (C=O) groups excluding carboxylic acids is 1. The van der Waals surface area contributed by atoms with Gasteiger partial charge < -0.3 is 15.3 Å². The van der Waals surface area contributed by atoms with Crippen LogP contribution in [0.2, 0.25) is 0 Å². The number of carboxylic acids is 1. The Kier molecular flexibility index (Phi) is 10.2. The molecule has 0 heterocycles. The van der Waals surface area contributed by atoms with Crippen LogP contribution in [0.5, 0.6) is 0 Å². The highest BCUT2D eigenvalue weighted by Gasteiger charge is 2.23. The minimum absolute atomic E-state index is 0.350. The van der Waals surface area contributed by atoms with Crippen molar-refractivity contribution in [1.29, 1.82) is 0 Å². The van der Waals surface area contributed by atoms with E-state index in [2.05, 4.69) is 27.2 Å². The Morgan fingerprint density at radius 2 is 1.56 bits per heavy atom. The van der Waals surface area contributed by atoms with Gasteiger partial charge in [0.05, 0.1) is 6.57 Å². The van der Waals surface area contributed by atoms with Gasteiger partial charge in [0.25, 0.3) is 5.91 Å². The predicted molar refractivity (Wildman–Crippen MR) is 168 cm³/mol. The van der Waals surface area contributed by atoms with Crippen molar-refractivity contribution in [2.24, 2.45) is 0 Å². The number of nitrogens with zero attached hydrogens (tertiary/aromatic N) is 2. The van der Waals surface area contributed by atoms with Gasteiger partial charge in [-0.15, -0.1) is 0 Å². The molecule has 4 aromatic carbocycles. The molecule has 1 amide bonds. The van der Waals surface area contributed by atoms with E-state index >= 15 is 0 Å². The Hall–Kier alpha value is -4.54. The lowest BCUT2D eigenvalue weighted by atomic mass is 9.93. The molecule has 6 nitrogen and oxygen atoms in total. The molecule has 0 saturated carbocycles. The normalized spacial score (nSPS) is 11.3. The molecule has 2 N–H and O–H groups in total. The second-order valence-electron chi connectivity index (χ2n) is 9.81. The summed E-state index contributed by atoms with van der Waals surface area (Å²) in [6.07, 6.45) is 2.26. The summed E-state index contributed by atoms with van der Waals surface area (Å²) < 4.78 is 0. The molecule has 0 aliphatic carbocycles. The first-order valence-electron chi connectivity index (χ1n) is 13.4. The number of hydrogen-bond acceptors (Lipinski definition) is 4. The quantitative estimate of drug-likeness (QED) is 0.176. The highest BCUT2D eigenvalue weighted by molar-refractivity contribution is 7.98. The number of rotatable bonds is 12. The number of nitrogens with one attached hydrogen (secondary N) is 1. The van der Waals surface area contributed by atoms with Crippen LogP contribution in [0.15, 0.2) is 97.1 Å². The van der Waals surface area contributed by atoms with E-state index < -0.39 is 17.9 Å². The van der Waals surface area contributed by atoms with Crippen LogP contribution < -0.4 is 10.2 Å². The Labute approximate surface area is 245 Å². The number of anilines is 1. The average Bonchev–Trinajstić information content (AvgIpc) is 2.99. The monoisotopic (exact) mass is 563 g/mol. The Morgan fingerprint density at radius 3 is 2.22 bits per heavy atom. The van der Waals surface area contributed by atoms with Gasteiger partial charge in [0.1, 0.15) is 6.04 Å². The smallest absolute Gasteiger partial charge is 0.326 e. The SMILES string of the molecule is [C-]#[N+]c1ccc(CN(Cc2ccc(C(=O)NC(CCSC)C(=O)O)c(-c3ccccc3C)c2)c2ccccc2)cc1. The Balaban J connectivity index is 1.70. The number of aryl methyl sites for hydroxylation is 1. The van der Waals surface area contributed by atoms with Gasteiger partial charge in [0.2, 0.25) is 0 Å². The molecular weight excluding hydrogens is 530 g/mol. The Morgan fingerprint density at radius 1 is 0.902 bits per heavy atom. The fourth-order valence-corrected chi connectivity index (χ4v) is 5.18. The third kappa shape index (κ3) is 7.77. The highest BCUT2D eigenvalue weighted by atomic mass is 32.2. The molecule has 0 aliphatic heterocycles. The molecule has 208 valence electrons. The van der Waals surface area contributed by atoms with Crippen molar-refractivity contribution in [1.82, 2.24) is 5.32 Å². The van der Waals surface area contributed by atoms with Crippen LogP contribution >= 0.6 is 11.8 Å². The third-order valence-electron chi connectivity index (χ3n) is 6.91. The third-order valence-corrected chi connectivity index (χ3v) is 7.56. The van der Waals surface area contributed by atoms with Crippen molar-refractivity contribution in [3.05, 3.63) is 131 Å². The van der Waals surface area contributed by atoms with Crippen LogP contribution in [0.4, 0.5) is 11.4 Å². The van der Waals surface area contributed by atoms with Crippen molar-refractivity contribution < 1.29 is 14.7 Å². The van der Waals surface area contributed by atoms with Gasteiger partial charge in [0, 0.05) is 24.3 Å². The zero-order valence-electron chi connectivity index (χ0n) is 23.2. The van der Waals surface area contributed by atoms with Crippen molar-refractivity contribution in [2.45, 2.75) is 32.5 Å². The fourth-order valence-electron chi connectivity index (χ4n) is 4.71. The first-order valence-corrected chi connectivity index (χ1v) is 14.8. The van der Waals surface area contributed by atoms with E-state index in [-0.39, 0.29) is 0 Å². The maximum absolute atomic E-state index is 13.5. The largest absolute Gasteiger partial charge is 0.480 e. The van der Waals surface area contributed by atoms with E-state index in [1.807, 2.05) is 92.0 Å². The molecule has 0 aliphatic rings. The fraction of sp³-hybridized carbons (Fsp3) is 0.206. The predicted octanol–water partition coefficient (Wildman–Crippen LogP) is 7.36. The van der Waals surface area contributed by atoms with E-state index in [1.54, 1.807) is 17.8 Å². The first kappa shape index (κ1) is 29.4. The average molecular weight is 564 g/mol. The van der Waals surface area contributed by atoms with Crippen molar-refractivity contribution >= 4 is 35.0 Å². The molecule has 0 saturated heterocycles. The van der Waals surface area contributed by atoms with Gasteiger partial charge in [-0.25, -0.2) is 9.64 Å². The van der Waals surface area contributed by atoms with E-state index in [0.29, 0.717) is 36.5 Å². The standard InChI is InChI=1S/C34H33N3O3S/c1-24-9-7-8-12-29(24)31-21-26(15-18-30(31)33(38)36-32(34(39)40)19-20-41-3)23-37(28-10-5-4-6-11-28)22-25-13-16-27(35-2)17-14-25/h4-18,21,32H,19-20,22-23H2,1,3H3,(H,36,38)(H,39,40). The maximum atomic E-state index is 13.5. The van der Waals surface area contributed by atoms with Gasteiger partial charge in [-0.3, -0.25) is 4.79 Å². The minimum atomic E-state index is -1.04. The number of aliphatic carboxylic acids is 1. The molecule has 1 unspecified atom stereocenters. The molecule has 1 atom stereocenters. The molecule has 7 heteroatoms. The van der Waals surface area contributed by atoms with Crippen LogP contribution in [-0.4, -0.2) is 35.0 Å². The number of thioether (sulfide) groups is 1. The van der Waals surface area contributed by atoms with Crippen molar-refractivity contribution in [2.75, 3.05) is 16.9 Å². The lowest BCUT2D eigenvalue weighted by Crippen LogP contribution is -2.41. The lowest BCUT2D eigenvalue weighted by Gasteiger charge is -2.26. The minimum Gasteiger partial charge on any atom is -0.480 e. The lowest BCUT2D eigenvalue weighted by molar-refractivity contribution is -0.139. The molecule has 4 rings (SSSR count). The topological polar surface area (TPSA) is 74.0 Å². The van der Waals surface area contributed by atoms with Gasteiger partial charge in [0.15, 0.2) is 5.69 Å². The Bertz CT molecular complexity index is 1530. The molecule has 0 aromatic heterocycles. The van der Waals surface area contributed by atoms with E-state index in [4.69, 9.17) is 6.57 Å². The molecule has 0 radical (unpaired) electrons. The number of hydrogen-bond donors (Lipinski definition) is 2. The summed E-state index contributed by atoms with van der Waals surface area (Å²) in [6, 6.07) is 30.5.